The number of hydrogen-bond acceptors (Lipinski definition) is 4. The van der Waals surface area contributed by atoms with E-state index in [0.717, 1.165) is 0 Å². The Kier molecular flexibility index (Phi) is 5.86. The zero-order chi connectivity index (χ0) is 16.0. The molecule has 0 saturated carbocycles. The molecule has 0 heterocycles. The maximum atomic E-state index is 11.8. The highest BCUT2D eigenvalue weighted by molar-refractivity contribution is 6.03. The first-order valence-electron chi connectivity index (χ1n) is 6.55. The fourth-order valence-corrected chi connectivity index (χ4v) is 1.59. The Hall–Kier alpha value is -2.41. The minimum atomic E-state index is -0.671. The molecule has 1 atom stereocenters. The van der Waals surface area contributed by atoms with Crippen LogP contribution in [0.4, 0.5) is 5.69 Å². The maximum Gasteiger partial charge on any atom is 0.250 e. The van der Waals surface area contributed by atoms with Crippen LogP contribution in [0.2, 0.25) is 0 Å². The molecule has 1 aromatic carbocycles. The van der Waals surface area contributed by atoms with Crippen LogP contribution in [0.15, 0.2) is 24.3 Å². The first-order chi connectivity index (χ1) is 9.82. The number of carbonyl (C=O) groups is 3. The first-order valence-corrected chi connectivity index (χ1v) is 6.55. The Labute approximate surface area is 123 Å². The molecular weight excluding hydrogens is 272 g/mol. The van der Waals surface area contributed by atoms with Gasteiger partial charge in [0.1, 0.15) is 0 Å². The van der Waals surface area contributed by atoms with Crippen molar-refractivity contribution < 1.29 is 14.4 Å². The van der Waals surface area contributed by atoms with E-state index in [-0.39, 0.29) is 18.0 Å². The second-order valence-corrected chi connectivity index (χ2v) is 4.95. The Morgan fingerprint density at radius 2 is 1.81 bits per heavy atom. The predicted molar refractivity (Wildman–Crippen MR) is 79.4 cm³/mol. The molecule has 1 aromatic rings. The summed E-state index contributed by atoms with van der Waals surface area (Å²) in [6.45, 7) is 3.40. The average Bonchev–Trinajstić information content (AvgIpc) is 2.44. The molecule has 114 valence electrons. The predicted octanol–water partition coefficient (Wildman–Crippen LogP) is -0.176. The third kappa shape index (κ3) is 4.88. The monoisotopic (exact) mass is 292 g/mol. The van der Waals surface area contributed by atoms with Crippen molar-refractivity contribution in [2.24, 2.45) is 17.4 Å². The van der Waals surface area contributed by atoms with Crippen LogP contribution in [0, 0.1) is 5.92 Å². The van der Waals surface area contributed by atoms with Crippen LogP contribution in [0.3, 0.4) is 0 Å². The van der Waals surface area contributed by atoms with E-state index in [0.29, 0.717) is 5.69 Å². The molecule has 0 aromatic heterocycles. The van der Waals surface area contributed by atoms with Gasteiger partial charge in [0.15, 0.2) is 0 Å². The molecule has 0 bridgehead atoms. The standard InChI is InChI=1S/C14H20N4O3/c1-8(2)12(15)14(21)17-7-11(19)18-10-6-4-3-5-9(10)13(16)20/h3-6,8,12H,7,15H2,1-2H3,(H2,16,20)(H,17,21)(H,18,19)/t12-/m0/s1. The van der Waals surface area contributed by atoms with Crippen molar-refractivity contribution in [2.45, 2.75) is 19.9 Å². The van der Waals surface area contributed by atoms with Crippen molar-refractivity contribution in [1.29, 1.82) is 0 Å². The lowest BCUT2D eigenvalue weighted by Crippen LogP contribution is -2.46. The topological polar surface area (TPSA) is 127 Å². The van der Waals surface area contributed by atoms with E-state index < -0.39 is 23.8 Å². The van der Waals surface area contributed by atoms with E-state index in [2.05, 4.69) is 10.6 Å². The zero-order valence-corrected chi connectivity index (χ0v) is 12.1. The van der Waals surface area contributed by atoms with Gasteiger partial charge in [-0.2, -0.15) is 0 Å². The number of amides is 3. The van der Waals surface area contributed by atoms with Crippen LogP contribution in [0.25, 0.3) is 0 Å². The maximum absolute atomic E-state index is 11.8. The minimum Gasteiger partial charge on any atom is -0.366 e. The van der Waals surface area contributed by atoms with E-state index in [1.165, 1.54) is 6.07 Å². The molecule has 0 aliphatic carbocycles. The molecule has 0 aliphatic rings. The lowest BCUT2D eigenvalue weighted by atomic mass is 10.1. The summed E-state index contributed by atoms with van der Waals surface area (Å²) < 4.78 is 0. The third-order valence-electron chi connectivity index (χ3n) is 2.91. The number of hydrogen-bond donors (Lipinski definition) is 4. The molecule has 0 radical (unpaired) electrons. The molecule has 0 unspecified atom stereocenters. The summed E-state index contributed by atoms with van der Waals surface area (Å²) >= 11 is 0. The average molecular weight is 292 g/mol. The van der Waals surface area contributed by atoms with Crippen molar-refractivity contribution in [3.63, 3.8) is 0 Å². The van der Waals surface area contributed by atoms with Gasteiger partial charge in [-0.15, -0.1) is 0 Å². The summed E-state index contributed by atoms with van der Waals surface area (Å²) in [5.41, 5.74) is 11.4. The Balaban J connectivity index is 2.59. The van der Waals surface area contributed by atoms with Crippen LogP contribution < -0.4 is 22.1 Å². The largest absolute Gasteiger partial charge is 0.366 e. The quantitative estimate of drug-likeness (QED) is 0.580. The van der Waals surface area contributed by atoms with E-state index in [1.807, 2.05) is 13.8 Å². The highest BCUT2D eigenvalue weighted by Crippen LogP contribution is 2.13. The lowest BCUT2D eigenvalue weighted by molar-refractivity contribution is -0.125. The molecular formula is C14H20N4O3. The SMILES string of the molecule is CC(C)[C@H](N)C(=O)NCC(=O)Nc1ccccc1C(N)=O. The second-order valence-electron chi connectivity index (χ2n) is 4.95. The van der Waals surface area contributed by atoms with Gasteiger partial charge in [0.05, 0.1) is 23.8 Å². The molecule has 7 nitrogen and oxygen atoms in total. The van der Waals surface area contributed by atoms with Crippen molar-refractivity contribution in [3.05, 3.63) is 29.8 Å². The lowest BCUT2D eigenvalue weighted by Gasteiger charge is -2.15. The van der Waals surface area contributed by atoms with Crippen LogP contribution in [0.5, 0.6) is 0 Å². The summed E-state index contributed by atoms with van der Waals surface area (Å²) in [6.07, 6.45) is 0. The van der Waals surface area contributed by atoms with Crippen molar-refractivity contribution in [1.82, 2.24) is 5.32 Å². The Morgan fingerprint density at radius 3 is 2.38 bits per heavy atom. The van der Waals surface area contributed by atoms with Gasteiger partial charge in [-0.1, -0.05) is 26.0 Å². The molecule has 3 amide bonds. The van der Waals surface area contributed by atoms with Gasteiger partial charge >= 0.3 is 0 Å². The van der Waals surface area contributed by atoms with Gasteiger partial charge in [0, 0.05) is 0 Å². The molecule has 0 fully saturated rings. The number of nitrogens with one attached hydrogen (secondary N) is 2. The molecule has 0 spiro atoms. The molecule has 0 saturated heterocycles. The first kappa shape index (κ1) is 16.6. The normalized spacial score (nSPS) is 11.8. The smallest absolute Gasteiger partial charge is 0.250 e. The van der Waals surface area contributed by atoms with E-state index >= 15 is 0 Å². The molecule has 0 aliphatic heterocycles. The van der Waals surface area contributed by atoms with Gasteiger partial charge in [0.25, 0.3) is 5.91 Å². The number of anilines is 1. The molecule has 21 heavy (non-hydrogen) atoms. The summed E-state index contributed by atoms with van der Waals surface area (Å²) in [5.74, 6) is -1.53. The van der Waals surface area contributed by atoms with Gasteiger partial charge in [-0.25, -0.2) is 0 Å². The minimum absolute atomic E-state index is 0.0244. The number of benzene rings is 1. The van der Waals surface area contributed by atoms with E-state index in [4.69, 9.17) is 11.5 Å². The van der Waals surface area contributed by atoms with E-state index in [1.54, 1.807) is 18.2 Å². The third-order valence-corrected chi connectivity index (χ3v) is 2.91. The number of primary amides is 1. The number of carbonyl (C=O) groups excluding carboxylic acids is 3. The fourth-order valence-electron chi connectivity index (χ4n) is 1.59. The highest BCUT2D eigenvalue weighted by atomic mass is 16.2. The molecule has 6 N–H and O–H groups in total. The Morgan fingerprint density at radius 1 is 1.19 bits per heavy atom. The highest BCUT2D eigenvalue weighted by Gasteiger charge is 2.18. The van der Waals surface area contributed by atoms with Crippen LogP contribution in [0.1, 0.15) is 24.2 Å². The van der Waals surface area contributed by atoms with Crippen LogP contribution in [-0.2, 0) is 9.59 Å². The van der Waals surface area contributed by atoms with E-state index in [9.17, 15) is 14.4 Å². The van der Waals surface area contributed by atoms with Gasteiger partial charge in [-0.3, -0.25) is 14.4 Å². The summed E-state index contributed by atoms with van der Waals surface area (Å²) in [7, 11) is 0. The fraction of sp³-hybridized carbons (Fsp3) is 0.357. The number of para-hydroxylation sites is 1. The molecule has 7 heteroatoms. The van der Waals surface area contributed by atoms with Gasteiger partial charge in [-0.05, 0) is 18.1 Å². The van der Waals surface area contributed by atoms with Crippen molar-refractivity contribution >= 4 is 23.4 Å². The second kappa shape index (κ2) is 7.39. The molecule has 1 rings (SSSR count). The van der Waals surface area contributed by atoms with Crippen molar-refractivity contribution in [2.75, 3.05) is 11.9 Å². The Bertz CT molecular complexity index is 543. The summed E-state index contributed by atoms with van der Waals surface area (Å²) in [4.78, 5) is 34.6. The van der Waals surface area contributed by atoms with Crippen LogP contribution >= 0.6 is 0 Å². The summed E-state index contributed by atoms with van der Waals surface area (Å²) in [6, 6.07) is 5.69. The number of nitrogens with two attached hydrogens (primary N) is 2. The number of rotatable bonds is 6. The van der Waals surface area contributed by atoms with Crippen LogP contribution in [-0.4, -0.2) is 30.3 Å². The summed E-state index contributed by atoms with van der Waals surface area (Å²) in [5, 5.41) is 4.96. The zero-order valence-electron chi connectivity index (χ0n) is 12.1. The van der Waals surface area contributed by atoms with Gasteiger partial charge in [0.2, 0.25) is 11.8 Å². The van der Waals surface area contributed by atoms with Crippen molar-refractivity contribution in [3.8, 4) is 0 Å². The van der Waals surface area contributed by atoms with Gasteiger partial charge < -0.3 is 22.1 Å².